The van der Waals surface area contributed by atoms with Crippen LogP contribution >= 0.6 is 0 Å². The Labute approximate surface area is 148 Å². The molecule has 3 aliphatic rings. The number of rotatable bonds is 1. The van der Waals surface area contributed by atoms with E-state index in [1.807, 2.05) is 32.9 Å². The van der Waals surface area contributed by atoms with Crippen molar-refractivity contribution in [3.8, 4) is 0 Å². The molecule has 1 saturated carbocycles. The Hall–Kier alpha value is -1.68. The predicted molar refractivity (Wildman–Crippen MR) is 93.6 cm³/mol. The van der Waals surface area contributed by atoms with Gasteiger partial charge in [-0.25, -0.2) is 0 Å². The summed E-state index contributed by atoms with van der Waals surface area (Å²) < 4.78 is 11.7. The van der Waals surface area contributed by atoms with Crippen LogP contribution in [-0.4, -0.2) is 29.6 Å². The first-order valence-electron chi connectivity index (χ1n) is 9.35. The zero-order chi connectivity index (χ0) is 17.8. The molecule has 1 aliphatic carbocycles. The number of ether oxygens (including phenoxy) is 2. The smallest absolute Gasteiger partial charge is 0.322 e. The largest absolute Gasteiger partial charge is 0.450 e. The summed E-state index contributed by atoms with van der Waals surface area (Å²) in [6.45, 7) is 6.79. The number of esters is 1. The van der Waals surface area contributed by atoms with E-state index in [9.17, 15) is 9.59 Å². The monoisotopic (exact) mass is 342 g/mol. The molecule has 2 heterocycles. The molecular formula is C21H26O4. The zero-order valence-corrected chi connectivity index (χ0v) is 15.3. The standard InChI is InChI=1S/C21H26O4/c1-13-11-14(2)16(15(3)12-13)17-18(22)21(25-19(17)23)8-6-20(7-9-21)5-4-10-24-20/h11-12,17H,4-10H2,1-3H3. The molecule has 1 atom stereocenters. The maximum absolute atomic E-state index is 13.3. The van der Waals surface area contributed by atoms with Crippen LogP contribution in [-0.2, 0) is 19.1 Å². The molecular weight excluding hydrogens is 316 g/mol. The van der Waals surface area contributed by atoms with Gasteiger partial charge in [0.05, 0.1) is 5.60 Å². The Morgan fingerprint density at radius 3 is 2.16 bits per heavy atom. The Morgan fingerprint density at radius 2 is 1.60 bits per heavy atom. The fraction of sp³-hybridized carbons (Fsp3) is 0.619. The molecule has 1 aromatic carbocycles. The van der Waals surface area contributed by atoms with Crippen LogP contribution in [0.25, 0.3) is 0 Å². The number of aryl methyl sites for hydroxylation is 3. The lowest BCUT2D eigenvalue weighted by atomic mass is 9.71. The third-order valence-corrected chi connectivity index (χ3v) is 6.42. The molecule has 0 aromatic heterocycles. The summed E-state index contributed by atoms with van der Waals surface area (Å²) in [5, 5.41) is 0. The predicted octanol–water partition coefficient (Wildman–Crippen LogP) is 3.68. The van der Waals surface area contributed by atoms with E-state index >= 15 is 0 Å². The molecule has 4 rings (SSSR count). The highest BCUT2D eigenvalue weighted by Crippen LogP contribution is 2.50. The van der Waals surface area contributed by atoms with Crippen LogP contribution in [0.1, 0.15) is 66.7 Å². The van der Waals surface area contributed by atoms with Crippen molar-refractivity contribution in [1.82, 2.24) is 0 Å². The van der Waals surface area contributed by atoms with Crippen molar-refractivity contribution in [3.05, 3.63) is 34.4 Å². The SMILES string of the molecule is Cc1cc(C)c(C2C(=O)OC3(CCC4(CCCO4)CC3)C2=O)c(C)c1. The van der Waals surface area contributed by atoms with Gasteiger partial charge in [0, 0.05) is 6.61 Å². The first kappa shape index (κ1) is 16.8. The summed E-state index contributed by atoms with van der Waals surface area (Å²) in [4.78, 5) is 26.0. The highest BCUT2D eigenvalue weighted by Gasteiger charge is 2.59. The maximum Gasteiger partial charge on any atom is 0.322 e. The van der Waals surface area contributed by atoms with E-state index in [4.69, 9.17) is 9.47 Å². The van der Waals surface area contributed by atoms with Crippen molar-refractivity contribution in [1.29, 1.82) is 0 Å². The van der Waals surface area contributed by atoms with Gasteiger partial charge in [0.25, 0.3) is 0 Å². The first-order valence-corrected chi connectivity index (χ1v) is 9.35. The van der Waals surface area contributed by atoms with Crippen LogP contribution in [0.2, 0.25) is 0 Å². The van der Waals surface area contributed by atoms with Crippen LogP contribution in [0.5, 0.6) is 0 Å². The maximum atomic E-state index is 13.3. The highest BCUT2D eigenvalue weighted by molar-refractivity contribution is 6.14. The molecule has 4 nitrogen and oxygen atoms in total. The van der Waals surface area contributed by atoms with Gasteiger partial charge in [0.2, 0.25) is 0 Å². The zero-order valence-electron chi connectivity index (χ0n) is 15.3. The van der Waals surface area contributed by atoms with Gasteiger partial charge in [0.1, 0.15) is 5.92 Å². The Morgan fingerprint density at radius 1 is 0.960 bits per heavy atom. The minimum absolute atomic E-state index is 0.0413. The third-order valence-electron chi connectivity index (χ3n) is 6.42. The first-order chi connectivity index (χ1) is 11.9. The van der Waals surface area contributed by atoms with Crippen molar-refractivity contribution in [2.45, 2.75) is 76.4 Å². The van der Waals surface area contributed by atoms with Gasteiger partial charge in [-0.3, -0.25) is 9.59 Å². The Balaban J connectivity index is 1.63. The lowest BCUT2D eigenvalue weighted by Gasteiger charge is -2.40. The number of hydrogen-bond acceptors (Lipinski definition) is 4. The summed E-state index contributed by atoms with van der Waals surface area (Å²) in [7, 11) is 0. The lowest BCUT2D eigenvalue weighted by Crippen LogP contribution is -2.46. The van der Waals surface area contributed by atoms with Crippen molar-refractivity contribution in [2.24, 2.45) is 0 Å². The summed E-state index contributed by atoms with van der Waals surface area (Å²) in [5.74, 6) is -1.18. The van der Waals surface area contributed by atoms with E-state index in [2.05, 4.69) is 0 Å². The summed E-state index contributed by atoms with van der Waals surface area (Å²) >= 11 is 0. The molecule has 2 spiro atoms. The number of benzene rings is 1. The van der Waals surface area contributed by atoms with E-state index < -0.39 is 11.5 Å². The van der Waals surface area contributed by atoms with E-state index in [1.54, 1.807) is 0 Å². The third kappa shape index (κ3) is 2.53. The second-order valence-electron chi connectivity index (χ2n) is 8.16. The number of Topliss-reactive ketones (excluding diaryl/α,β-unsaturated/α-hetero) is 1. The molecule has 134 valence electrons. The number of hydrogen-bond donors (Lipinski definition) is 0. The van der Waals surface area contributed by atoms with Crippen molar-refractivity contribution in [3.63, 3.8) is 0 Å². The Bertz CT molecular complexity index is 709. The van der Waals surface area contributed by atoms with E-state index in [0.29, 0.717) is 12.8 Å². The molecule has 0 amide bonds. The molecule has 3 fully saturated rings. The Kier molecular flexibility index (Phi) is 3.80. The van der Waals surface area contributed by atoms with Gasteiger partial charge in [-0.2, -0.15) is 0 Å². The summed E-state index contributed by atoms with van der Waals surface area (Å²) in [5.41, 5.74) is 2.97. The average Bonchev–Trinajstić information content (AvgIpc) is 3.09. The quantitative estimate of drug-likeness (QED) is 0.577. The van der Waals surface area contributed by atoms with Gasteiger partial charge in [0.15, 0.2) is 11.4 Å². The van der Waals surface area contributed by atoms with Crippen LogP contribution in [0.3, 0.4) is 0 Å². The lowest BCUT2D eigenvalue weighted by molar-refractivity contribution is -0.161. The van der Waals surface area contributed by atoms with Crippen molar-refractivity contribution < 1.29 is 19.1 Å². The fourth-order valence-corrected chi connectivity index (χ4v) is 5.17. The second kappa shape index (κ2) is 5.66. The normalized spacial score (nSPS) is 34.9. The van der Waals surface area contributed by atoms with Crippen LogP contribution in [0, 0.1) is 20.8 Å². The van der Waals surface area contributed by atoms with Gasteiger partial charge in [-0.05, 0) is 76.0 Å². The minimum atomic E-state index is -0.928. The number of ketones is 1. The highest BCUT2D eigenvalue weighted by atomic mass is 16.6. The molecule has 2 saturated heterocycles. The van der Waals surface area contributed by atoms with E-state index in [-0.39, 0.29) is 17.4 Å². The molecule has 0 N–H and O–H groups in total. The molecule has 1 aromatic rings. The van der Waals surface area contributed by atoms with E-state index in [1.165, 1.54) is 0 Å². The number of carbonyl (C=O) groups is 2. The molecule has 0 bridgehead atoms. The van der Waals surface area contributed by atoms with Gasteiger partial charge in [-0.1, -0.05) is 17.7 Å². The molecule has 2 aliphatic heterocycles. The fourth-order valence-electron chi connectivity index (χ4n) is 5.17. The molecule has 4 heteroatoms. The van der Waals surface area contributed by atoms with Crippen molar-refractivity contribution >= 4 is 11.8 Å². The van der Waals surface area contributed by atoms with Crippen LogP contribution in [0.4, 0.5) is 0 Å². The summed E-state index contributed by atoms with van der Waals surface area (Å²) in [6.07, 6.45) is 4.96. The van der Waals surface area contributed by atoms with Crippen molar-refractivity contribution in [2.75, 3.05) is 6.61 Å². The van der Waals surface area contributed by atoms with Crippen LogP contribution in [0.15, 0.2) is 12.1 Å². The second-order valence-corrected chi connectivity index (χ2v) is 8.16. The topological polar surface area (TPSA) is 52.6 Å². The van der Waals surface area contributed by atoms with Gasteiger partial charge >= 0.3 is 5.97 Å². The summed E-state index contributed by atoms with van der Waals surface area (Å²) in [6, 6.07) is 4.08. The average molecular weight is 342 g/mol. The molecule has 25 heavy (non-hydrogen) atoms. The minimum Gasteiger partial charge on any atom is -0.450 e. The number of carbonyl (C=O) groups excluding carboxylic acids is 2. The molecule has 1 unspecified atom stereocenters. The van der Waals surface area contributed by atoms with Crippen LogP contribution < -0.4 is 0 Å². The van der Waals surface area contributed by atoms with E-state index in [0.717, 1.165) is 54.5 Å². The van der Waals surface area contributed by atoms with Gasteiger partial charge < -0.3 is 9.47 Å². The molecule has 0 radical (unpaired) electrons. The van der Waals surface area contributed by atoms with Gasteiger partial charge in [-0.15, -0.1) is 0 Å².